The number of aryl methyl sites for hydroxylation is 1. The largest absolute Gasteiger partial charge is 0.350 e. The van der Waals surface area contributed by atoms with Crippen LogP contribution in [-0.4, -0.2) is 16.9 Å². The minimum absolute atomic E-state index is 0.0971. The molecule has 0 radical (unpaired) electrons. The fourth-order valence-corrected chi connectivity index (χ4v) is 1.33. The van der Waals surface area contributed by atoms with E-state index >= 15 is 0 Å². The van der Waals surface area contributed by atoms with Gasteiger partial charge in [-0.25, -0.2) is 0 Å². The summed E-state index contributed by atoms with van der Waals surface area (Å²) in [4.78, 5) is 15.6. The zero-order valence-corrected chi connectivity index (χ0v) is 9.22. The Balaban J connectivity index is 2.90. The van der Waals surface area contributed by atoms with E-state index in [1.165, 1.54) is 6.20 Å². The maximum absolute atomic E-state index is 11.6. The lowest BCUT2D eigenvalue weighted by Crippen LogP contribution is -2.30. The molecule has 0 spiro atoms. The number of nitrogens with one attached hydrogen (secondary N) is 1. The molecule has 1 rings (SSSR count). The molecule has 1 amide bonds. The smallest absolute Gasteiger partial charge is 0.254 e. The number of amides is 1. The SMILES string of the molecule is Cc1cc(Cl)c(C(=O)NC(C)C)cn1. The van der Waals surface area contributed by atoms with Crippen LogP contribution < -0.4 is 5.32 Å². The molecular weight excluding hydrogens is 200 g/mol. The van der Waals surface area contributed by atoms with Crippen molar-refractivity contribution in [3.8, 4) is 0 Å². The van der Waals surface area contributed by atoms with E-state index in [9.17, 15) is 4.79 Å². The van der Waals surface area contributed by atoms with Crippen LogP contribution in [0, 0.1) is 6.92 Å². The second-order valence-corrected chi connectivity index (χ2v) is 3.84. The Hall–Kier alpha value is -1.09. The summed E-state index contributed by atoms with van der Waals surface area (Å²) in [6, 6.07) is 1.77. The highest BCUT2D eigenvalue weighted by Gasteiger charge is 2.11. The van der Waals surface area contributed by atoms with Gasteiger partial charge in [0.05, 0.1) is 10.6 Å². The van der Waals surface area contributed by atoms with Gasteiger partial charge in [-0.15, -0.1) is 0 Å². The number of nitrogens with zero attached hydrogens (tertiary/aromatic N) is 1. The number of pyridine rings is 1. The van der Waals surface area contributed by atoms with Gasteiger partial charge in [0.2, 0.25) is 0 Å². The Morgan fingerprint density at radius 2 is 2.21 bits per heavy atom. The van der Waals surface area contributed by atoms with Crippen LogP contribution in [0.3, 0.4) is 0 Å². The maximum Gasteiger partial charge on any atom is 0.254 e. The molecule has 1 N–H and O–H groups in total. The minimum Gasteiger partial charge on any atom is -0.350 e. The topological polar surface area (TPSA) is 42.0 Å². The molecule has 3 nitrogen and oxygen atoms in total. The summed E-state index contributed by atoms with van der Waals surface area (Å²) in [7, 11) is 0. The summed E-state index contributed by atoms with van der Waals surface area (Å²) in [6.07, 6.45) is 1.50. The molecule has 0 saturated heterocycles. The van der Waals surface area contributed by atoms with Crippen LogP contribution in [0.1, 0.15) is 29.9 Å². The van der Waals surface area contributed by atoms with Crippen molar-refractivity contribution in [1.29, 1.82) is 0 Å². The molecule has 1 heterocycles. The number of aromatic nitrogens is 1. The monoisotopic (exact) mass is 212 g/mol. The van der Waals surface area contributed by atoms with E-state index in [2.05, 4.69) is 10.3 Å². The van der Waals surface area contributed by atoms with E-state index in [1.54, 1.807) is 6.07 Å². The van der Waals surface area contributed by atoms with Gasteiger partial charge >= 0.3 is 0 Å². The molecular formula is C10H13ClN2O. The highest BCUT2D eigenvalue weighted by Crippen LogP contribution is 2.15. The minimum atomic E-state index is -0.183. The molecule has 0 saturated carbocycles. The van der Waals surface area contributed by atoms with Crippen molar-refractivity contribution in [3.63, 3.8) is 0 Å². The molecule has 0 bridgehead atoms. The fourth-order valence-electron chi connectivity index (χ4n) is 1.03. The van der Waals surface area contributed by atoms with E-state index in [0.29, 0.717) is 10.6 Å². The maximum atomic E-state index is 11.6. The molecule has 1 aromatic heterocycles. The van der Waals surface area contributed by atoms with Gasteiger partial charge in [-0.2, -0.15) is 0 Å². The molecule has 0 unspecified atom stereocenters. The summed E-state index contributed by atoms with van der Waals surface area (Å²) in [5.41, 5.74) is 1.22. The van der Waals surface area contributed by atoms with E-state index in [0.717, 1.165) is 5.69 Å². The predicted octanol–water partition coefficient (Wildman–Crippen LogP) is 2.18. The van der Waals surface area contributed by atoms with Gasteiger partial charge in [0.15, 0.2) is 0 Å². The third-order valence-corrected chi connectivity index (χ3v) is 1.97. The average Bonchev–Trinajstić information content (AvgIpc) is 2.01. The summed E-state index contributed by atoms with van der Waals surface area (Å²) < 4.78 is 0. The summed E-state index contributed by atoms with van der Waals surface area (Å²) in [5, 5.41) is 3.20. The van der Waals surface area contributed by atoms with Crippen molar-refractivity contribution in [3.05, 3.63) is 28.5 Å². The fraction of sp³-hybridized carbons (Fsp3) is 0.400. The van der Waals surface area contributed by atoms with Crippen LogP contribution in [0.4, 0.5) is 0 Å². The Labute approximate surface area is 88.5 Å². The number of hydrogen-bond donors (Lipinski definition) is 1. The average molecular weight is 213 g/mol. The first kappa shape index (κ1) is 11.0. The molecule has 1 aromatic rings. The first-order valence-electron chi connectivity index (χ1n) is 4.43. The first-order valence-corrected chi connectivity index (χ1v) is 4.81. The number of rotatable bonds is 2. The van der Waals surface area contributed by atoms with E-state index in [1.807, 2.05) is 20.8 Å². The summed E-state index contributed by atoms with van der Waals surface area (Å²) in [6.45, 7) is 5.62. The van der Waals surface area contributed by atoms with Crippen molar-refractivity contribution in [1.82, 2.24) is 10.3 Å². The lowest BCUT2D eigenvalue weighted by Gasteiger charge is -2.09. The normalized spacial score (nSPS) is 10.4. The van der Waals surface area contributed by atoms with Crippen LogP contribution in [0.15, 0.2) is 12.3 Å². The number of carbonyl (C=O) groups excluding carboxylic acids is 1. The van der Waals surface area contributed by atoms with Crippen molar-refractivity contribution in [2.45, 2.75) is 26.8 Å². The van der Waals surface area contributed by atoms with Gasteiger partial charge in [-0.3, -0.25) is 9.78 Å². The van der Waals surface area contributed by atoms with Crippen molar-refractivity contribution < 1.29 is 4.79 Å². The van der Waals surface area contributed by atoms with Gasteiger partial charge in [0.25, 0.3) is 5.91 Å². The molecule has 14 heavy (non-hydrogen) atoms. The first-order chi connectivity index (χ1) is 6.50. The van der Waals surface area contributed by atoms with Crippen LogP contribution >= 0.6 is 11.6 Å². The Kier molecular flexibility index (Phi) is 3.47. The van der Waals surface area contributed by atoms with Crippen molar-refractivity contribution in [2.24, 2.45) is 0 Å². The Morgan fingerprint density at radius 1 is 1.57 bits per heavy atom. The second-order valence-electron chi connectivity index (χ2n) is 3.43. The van der Waals surface area contributed by atoms with Crippen LogP contribution in [0.25, 0.3) is 0 Å². The molecule has 0 aromatic carbocycles. The van der Waals surface area contributed by atoms with E-state index < -0.39 is 0 Å². The zero-order valence-electron chi connectivity index (χ0n) is 8.47. The second kappa shape index (κ2) is 4.42. The van der Waals surface area contributed by atoms with Gasteiger partial charge in [-0.05, 0) is 26.8 Å². The number of hydrogen-bond acceptors (Lipinski definition) is 2. The molecule has 0 fully saturated rings. The third kappa shape index (κ3) is 2.70. The number of carbonyl (C=O) groups is 1. The van der Waals surface area contributed by atoms with Crippen LogP contribution in [-0.2, 0) is 0 Å². The van der Waals surface area contributed by atoms with Gasteiger partial charge in [0, 0.05) is 17.9 Å². The Bertz CT molecular complexity index is 350. The summed E-state index contributed by atoms with van der Waals surface area (Å²) >= 11 is 5.91. The molecule has 0 aliphatic carbocycles. The van der Waals surface area contributed by atoms with Gasteiger partial charge in [0.1, 0.15) is 0 Å². The van der Waals surface area contributed by atoms with Crippen LogP contribution in [0.5, 0.6) is 0 Å². The lowest BCUT2D eigenvalue weighted by molar-refractivity contribution is 0.0943. The highest BCUT2D eigenvalue weighted by molar-refractivity contribution is 6.33. The molecule has 76 valence electrons. The van der Waals surface area contributed by atoms with Gasteiger partial charge < -0.3 is 5.32 Å². The molecule has 4 heteroatoms. The van der Waals surface area contributed by atoms with Crippen LogP contribution in [0.2, 0.25) is 5.02 Å². The third-order valence-electron chi connectivity index (χ3n) is 1.65. The van der Waals surface area contributed by atoms with E-state index in [-0.39, 0.29) is 11.9 Å². The molecule has 0 aliphatic rings. The lowest BCUT2D eigenvalue weighted by atomic mass is 10.2. The van der Waals surface area contributed by atoms with Crippen molar-refractivity contribution in [2.75, 3.05) is 0 Å². The van der Waals surface area contributed by atoms with Gasteiger partial charge in [-0.1, -0.05) is 11.6 Å². The standard InChI is InChI=1S/C10H13ClN2O/c1-6(2)13-10(14)8-5-12-7(3)4-9(8)11/h4-6H,1-3H3,(H,13,14). The highest BCUT2D eigenvalue weighted by atomic mass is 35.5. The quantitative estimate of drug-likeness (QED) is 0.817. The Morgan fingerprint density at radius 3 is 2.71 bits per heavy atom. The van der Waals surface area contributed by atoms with Crippen molar-refractivity contribution >= 4 is 17.5 Å². The van der Waals surface area contributed by atoms with E-state index in [4.69, 9.17) is 11.6 Å². The summed E-state index contributed by atoms with van der Waals surface area (Å²) in [5.74, 6) is -0.183. The zero-order chi connectivity index (χ0) is 10.7. The predicted molar refractivity (Wildman–Crippen MR) is 56.6 cm³/mol. The molecule has 0 aliphatic heterocycles. The number of halogens is 1. The molecule has 0 atom stereocenters.